The predicted molar refractivity (Wildman–Crippen MR) is 166 cm³/mol. The number of amides is 2. The molecule has 0 unspecified atom stereocenters. The van der Waals surface area contributed by atoms with Gasteiger partial charge in [-0.1, -0.05) is 51.7 Å². The van der Waals surface area contributed by atoms with Crippen LogP contribution >= 0.6 is 12.4 Å². The number of carbonyl (C=O) groups excluding carboxylic acids is 1. The van der Waals surface area contributed by atoms with Crippen LogP contribution in [0.5, 0.6) is 11.5 Å². The van der Waals surface area contributed by atoms with E-state index in [0.717, 1.165) is 96.1 Å². The topological polar surface area (TPSA) is 91.0 Å². The molecule has 1 saturated heterocycles. The van der Waals surface area contributed by atoms with Crippen molar-refractivity contribution in [1.82, 2.24) is 15.1 Å². The Hall–Kier alpha value is -2.49. The Morgan fingerprint density at radius 2 is 1.50 bits per heavy atom. The molecule has 1 fully saturated rings. The molecule has 0 saturated carbocycles. The molecule has 1 aliphatic rings. The quantitative estimate of drug-likeness (QED) is 0.226. The third-order valence-electron chi connectivity index (χ3n) is 7.04. The van der Waals surface area contributed by atoms with E-state index in [1.54, 1.807) is 24.3 Å². The number of ether oxygens (including phenoxy) is 1. The fourth-order valence-corrected chi connectivity index (χ4v) is 5.47. The Morgan fingerprint density at radius 3 is 2.08 bits per heavy atom. The maximum absolute atomic E-state index is 13.0. The number of rotatable bonds is 15. The third-order valence-corrected chi connectivity index (χ3v) is 7.65. The van der Waals surface area contributed by atoms with Crippen LogP contribution in [0.15, 0.2) is 48.5 Å². The Bertz CT molecular complexity index is 1110. The zero-order valence-electron chi connectivity index (χ0n) is 24.2. The van der Waals surface area contributed by atoms with Gasteiger partial charge < -0.3 is 15.0 Å². The van der Waals surface area contributed by atoms with Crippen molar-refractivity contribution < 1.29 is 17.9 Å². The van der Waals surface area contributed by atoms with Crippen molar-refractivity contribution in [3.05, 3.63) is 54.1 Å². The molecule has 2 amide bonds. The molecule has 2 N–H and O–H groups in total. The second kappa shape index (κ2) is 17.4. The lowest BCUT2D eigenvalue weighted by molar-refractivity contribution is 0.116. The van der Waals surface area contributed by atoms with Gasteiger partial charge in [-0.05, 0) is 67.6 Å². The Morgan fingerprint density at radius 1 is 0.925 bits per heavy atom. The van der Waals surface area contributed by atoms with E-state index in [9.17, 15) is 13.2 Å². The van der Waals surface area contributed by atoms with Gasteiger partial charge in [-0.2, -0.15) is 0 Å². The highest BCUT2D eigenvalue weighted by atomic mass is 35.5. The van der Waals surface area contributed by atoms with Crippen LogP contribution in [0.1, 0.15) is 70.8 Å². The summed E-state index contributed by atoms with van der Waals surface area (Å²) >= 11 is 0. The largest absolute Gasteiger partial charge is 0.457 e. The standard InChI is InChI=1S/C30H46N4O4S.ClH/c1-4-6-8-20-31-30(35)34(21-9-7-5-2)27-18-22-33(23-19-27)24-25-10-14-28(15-11-25)38-29-16-12-26(13-17-29)32-39(3,36)37;/h10-17,27,32H,4-9,18-24H2,1-3H3,(H,31,35);1H. The first-order valence-electron chi connectivity index (χ1n) is 14.4. The van der Waals surface area contributed by atoms with E-state index in [1.165, 1.54) is 5.56 Å². The number of hydrogen-bond acceptors (Lipinski definition) is 5. The number of sulfonamides is 1. The fourth-order valence-electron chi connectivity index (χ4n) is 4.91. The first kappa shape index (κ1) is 33.7. The second-order valence-electron chi connectivity index (χ2n) is 10.5. The van der Waals surface area contributed by atoms with E-state index in [2.05, 4.69) is 45.8 Å². The Balaban J connectivity index is 0.00000560. The number of carbonyl (C=O) groups is 1. The molecule has 40 heavy (non-hydrogen) atoms. The molecule has 10 heteroatoms. The van der Waals surface area contributed by atoms with Crippen LogP contribution in [0.2, 0.25) is 0 Å². The normalized spacial score (nSPS) is 14.3. The van der Waals surface area contributed by atoms with E-state index in [1.807, 2.05) is 12.1 Å². The van der Waals surface area contributed by atoms with Crippen LogP contribution in [0.25, 0.3) is 0 Å². The lowest BCUT2D eigenvalue weighted by Gasteiger charge is -2.38. The number of piperidine rings is 1. The number of unbranched alkanes of at least 4 members (excludes halogenated alkanes) is 4. The van der Waals surface area contributed by atoms with Crippen molar-refractivity contribution in [3.63, 3.8) is 0 Å². The van der Waals surface area contributed by atoms with Crippen molar-refractivity contribution >= 4 is 34.1 Å². The van der Waals surface area contributed by atoms with Gasteiger partial charge in [-0.3, -0.25) is 9.62 Å². The van der Waals surface area contributed by atoms with Gasteiger partial charge in [0.2, 0.25) is 10.0 Å². The lowest BCUT2D eigenvalue weighted by Crippen LogP contribution is -2.51. The number of likely N-dealkylation sites (tertiary alicyclic amines) is 1. The van der Waals surface area contributed by atoms with E-state index in [-0.39, 0.29) is 18.4 Å². The number of nitrogens with zero attached hydrogens (tertiary/aromatic N) is 2. The molecule has 0 bridgehead atoms. The summed E-state index contributed by atoms with van der Waals surface area (Å²) in [6.07, 6.45) is 9.86. The number of nitrogens with one attached hydrogen (secondary N) is 2. The van der Waals surface area contributed by atoms with Gasteiger partial charge in [0.15, 0.2) is 0 Å². The molecule has 0 atom stereocenters. The molecule has 1 heterocycles. The van der Waals surface area contributed by atoms with Gasteiger partial charge in [0.05, 0.1) is 6.26 Å². The summed E-state index contributed by atoms with van der Waals surface area (Å²) < 4.78 is 31.1. The molecule has 0 aliphatic carbocycles. The van der Waals surface area contributed by atoms with Crippen LogP contribution in [-0.4, -0.2) is 62.7 Å². The molecular weight excluding hydrogens is 548 g/mol. The van der Waals surface area contributed by atoms with Gasteiger partial charge in [0.25, 0.3) is 0 Å². The Labute approximate surface area is 247 Å². The zero-order valence-corrected chi connectivity index (χ0v) is 25.9. The third kappa shape index (κ3) is 11.9. The zero-order chi connectivity index (χ0) is 28.1. The monoisotopic (exact) mass is 594 g/mol. The van der Waals surface area contributed by atoms with Crippen LogP contribution in [-0.2, 0) is 16.6 Å². The smallest absolute Gasteiger partial charge is 0.317 e. The van der Waals surface area contributed by atoms with E-state index in [0.29, 0.717) is 17.5 Å². The molecule has 0 spiro atoms. The van der Waals surface area contributed by atoms with Crippen molar-refractivity contribution in [2.45, 2.75) is 77.8 Å². The molecule has 1 aliphatic heterocycles. The van der Waals surface area contributed by atoms with Crippen molar-refractivity contribution in [1.29, 1.82) is 0 Å². The summed E-state index contributed by atoms with van der Waals surface area (Å²) in [5, 5.41) is 3.16. The molecule has 224 valence electrons. The molecule has 2 aromatic carbocycles. The highest BCUT2D eigenvalue weighted by Crippen LogP contribution is 2.25. The predicted octanol–water partition coefficient (Wildman–Crippen LogP) is 6.63. The minimum atomic E-state index is -3.30. The van der Waals surface area contributed by atoms with Crippen LogP contribution in [0.4, 0.5) is 10.5 Å². The average molecular weight is 595 g/mol. The molecule has 0 radical (unpaired) electrons. The first-order valence-corrected chi connectivity index (χ1v) is 16.3. The minimum absolute atomic E-state index is 0. The number of hydrogen-bond donors (Lipinski definition) is 2. The summed E-state index contributed by atoms with van der Waals surface area (Å²) in [7, 11) is -3.30. The van der Waals surface area contributed by atoms with Crippen molar-refractivity contribution in [2.75, 3.05) is 37.2 Å². The van der Waals surface area contributed by atoms with E-state index in [4.69, 9.17) is 4.74 Å². The van der Waals surface area contributed by atoms with E-state index >= 15 is 0 Å². The molecule has 0 aromatic heterocycles. The van der Waals surface area contributed by atoms with Gasteiger partial charge in [-0.15, -0.1) is 12.4 Å². The lowest BCUT2D eigenvalue weighted by atomic mass is 10.0. The van der Waals surface area contributed by atoms with Crippen LogP contribution in [0.3, 0.4) is 0 Å². The second-order valence-corrected chi connectivity index (χ2v) is 12.2. The van der Waals surface area contributed by atoms with Gasteiger partial charge >= 0.3 is 6.03 Å². The van der Waals surface area contributed by atoms with Crippen LogP contribution in [0, 0.1) is 0 Å². The number of halogens is 1. The number of benzene rings is 2. The maximum atomic E-state index is 13.0. The average Bonchev–Trinajstić information content (AvgIpc) is 2.91. The summed E-state index contributed by atoms with van der Waals surface area (Å²) in [5.74, 6) is 1.37. The Kier molecular flexibility index (Phi) is 14.6. The summed E-state index contributed by atoms with van der Waals surface area (Å²) in [6.45, 7) is 8.81. The van der Waals surface area contributed by atoms with Crippen LogP contribution < -0.4 is 14.8 Å². The SMILES string of the molecule is CCCCCNC(=O)N(CCCCC)C1CCN(Cc2ccc(Oc3ccc(NS(C)(=O)=O)cc3)cc2)CC1.Cl. The fraction of sp³-hybridized carbons (Fsp3) is 0.567. The van der Waals surface area contributed by atoms with E-state index < -0.39 is 10.0 Å². The first-order chi connectivity index (χ1) is 18.8. The summed E-state index contributed by atoms with van der Waals surface area (Å²) in [6, 6.07) is 15.3. The summed E-state index contributed by atoms with van der Waals surface area (Å²) in [5.41, 5.74) is 1.72. The molecular formula is C30H47ClN4O4S. The number of anilines is 1. The van der Waals surface area contributed by atoms with Crippen molar-refractivity contribution in [2.24, 2.45) is 0 Å². The number of urea groups is 1. The minimum Gasteiger partial charge on any atom is -0.457 e. The van der Waals surface area contributed by atoms with Gasteiger partial charge in [0.1, 0.15) is 11.5 Å². The summed E-state index contributed by atoms with van der Waals surface area (Å²) in [4.78, 5) is 17.5. The highest BCUT2D eigenvalue weighted by molar-refractivity contribution is 7.92. The highest BCUT2D eigenvalue weighted by Gasteiger charge is 2.27. The molecule has 3 rings (SSSR count). The molecule has 2 aromatic rings. The van der Waals surface area contributed by atoms with Gasteiger partial charge in [-0.25, -0.2) is 13.2 Å². The maximum Gasteiger partial charge on any atom is 0.317 e. The molecule has 8 nitrogen and oxygen atoms in total. The van der Waals surface area contributed by atoms with Gasteiger partial charge in [0, 0.05) is 44.5 Å². The van der Waals surface area contributed by atoms with Crippen molar-refractivity contribution in [3.8, 4) is 11.5 Å².